The Labute approximate surface area is 198 Å². The minimum Gasteiger partial charge on any atom is -0.305 e. The van der Waals surface area contributed by atoms with Crippen molar-refractivity contribution in [3.63, 3.8) is 0 Å². The molecule has 0 atom stereocenters. The molecule has 1 aliphatic heterocycles. The number of nitrogens with zero attached hydrogens (tertiary/aromatic N) is 3. The maximum absolute atomic E-state index is 13.5. The number of benzene rings is 3. The molecule has 0 aliphatic carbocycles. The largest absolute Gasteiger partial charge is 0.305 e. The Bertz CT molecular complexity index is 1140. The first-order valence-corrected chi connectivity index (χ1v) is 11.6. The molecule has 0 saturated carbocycles. The van der Waals surface area contributed by atoms with Crippen LogP contribution in [0.3, 0.4) is 0 Å². The Morgan fingerprint density at radius 2 is 1.71 bits per heavy atom. The Hall–Kier alpha value is -3.58. The molecule has 176 valence electrons. The number of amides is 1. The van der Waals surface area contributed by atoms with Crippen LogP contribution < -0.4 is 4.90 Å². The van der Waals surface area contributed by atoms with Gasteiger partial charge in [-0.25, -0.2) is 4.39 Å². The molecule has 0 bridgehead atoms. The van der Waals surface area contributed by atoms with Crippen molar-refractivity contribution in [3.8, 4) is 0 Å². The second-order valence-electron chi connectivity index (χ2n) is 8.64. The summed E-state index contributed by atoms with van der Waals surface area (Å²) in [5, 5.41) is 11.1. The molecule has 0 spiro atoms. The van der Waals surface area contributed by atoms with Crippen LogP contribution in [-0.4, -0.2) is 34.9 Å². The number of carbonyl (C=O) groups excluding carboxylic acids is 1. The summed E-state index contributed by atoms with van der Waals surface area (Å²) in [6.45, 7) is 4.26. The number of rotatable bonds is 7. The zero-order valence-corrected chi connectivity index (χ0v) is 19.2. The Kier molecular flexibility index (Phi) is 7.33. The number of non-ortho nitro benzene ring substituents is 1. The Morgan fingerprint density at radius 1 is 1.03 bits per heavy atom. The molecule has 34 heavy (non-hydrogen) atoms. The second kappa shape index (κ2) is 10.6. The number of anilines is 1. The lowest BCUT2D eigenvalue weighted by Crippen LogP contribution is -2.47. The molecule has 0 aromatic heterocycles. The van der Waals surface area contributed by atoms with E-state index >= 15 is 0 Å². The SMILES string of the molecule is CCc1ccc(N(C(=O)c2ccc(F)cc2)C2CCN(Cc3cccc([N+](=O)[O-])c3)CC2)cc1. The van der Waals surface area contributed by atoms with Crippen LogP contribution in [0, 0.1) is 15.9 Å². The lowest BCUT2D eigenvalue weighted by atomic mass is 9.99. The number of aryl methyl sites for hydroxylation is 1. The summed E-state index contributed by atoms with van der Waals surface area (Å²) in [5.74, 6) is -0.508. The molecule has 3 aromatic carbocycles. The molecule has 1 fully saturated rings. The summed E-state index contributed by atoms with van der Waals surface area (Å²) in [6, 6.07) is 20.5. The van der Waals surface area contributed by atoms with Gasteiger partial charge in [-0.1, -0.05) is 31.2 Å². The average Bonchev–Trinajstić information content (AvgIpc) is 2.86. The zero-order valence-electron chi connectivity index (χ0n) is 19.2. The van der Waals surface area contributed by atoms with Gasteiger partial charge in [-0.2, -0.15) is 0 Å². The fourth-order valence-corrected chi connectivity index (χ4v) is 4.48. The number of nitro groups is 1. The van der Waals surface area contributed by atoms with Crippen molar-refractivity contribution in [1.29, 1.82) is 0 Å². The molecule has 0 radical (unpaired) electrons. The Morgan fingerprint density at radius 3 is 2.32 bits per heavy atom. The topological polar surface area (TPSA) is 66.7 Å². The Balaban J connectivity index is 1.50. The van der Waals surface area contributed by atoms with Crippen LogP contribution >= 0.6 is 0 Å². The second-order valence-corrected chi connectivity index (χ2v) is 8.64. The highest BCUT2D eigenvalue weighted by atomic mass is 19.1. The quantitative estimate of drug-likeness (QED) is 0.339. The molecular weight excluding hydrogens is 433 g/mol. The highest BCUT2D eigenvalue weighted by Gasteiger charge is 2.30. The fourth-order valence-electron chi connectivity index (χ4n) is 4.48. The summed E-state index contributed by atoms with van der Waals surface area (Å²) in [6.07, 6.45) is 2.47. The van der Waals surface area contributed by atoms with Crippen molar-refractivity contribution in [2.45, 2.75) is 38.8 Å². The number of halogens is 1. The van der Waals surface area contributed by atoms with Crippen molar-refractivity contribution >= 4 is 17.3 Å². The number of nitro benzene ring substituents is 1. The molecule has 1 heterocycles. The van der Waals surface area contributed by atoms with Gasteiger partial charge in [0, 0.05) is 49.1 Å². The van der Waals surface area contributed by atoms with Gasteiger partial charge in [0.05, 0.1) is 4.92 Å². The van der Waals surface area contributed by atoms with Crippen molar-refractivity contribution in [2.24, 2.45) is 0 Å². The van der Waals surface area contributed by atoms with Gasteiger partial charge in [0.1, 0.15) is 5.82 Å². The zero-order chi connectivity index (χ0) is 24.1. The average molecular weight is 462 g/mol. The van der Waals surface area contributed by atoms with E-state index in [-0.39, 0.29) is 28.4 Å². The molecule has 1 saturated heterocycles. The van der Waals surface area contributed by atoms with E-state index < -0.39 is 0 Å². The standard InChI is InChI=1S/C27H28FN3O3/c1-2-20-6-12-24(13-7-20)30(27(32)22-8-10-23(28)11-9-22)25-14-16-29(17-15-25)19-21-4-3-5-26(18-21)31(33)34/h3-13,18,25H,2,14-17,19H2,1H3. The van der Waals surface area contributed by atoms with Crippen LogP contribution in [-0.2, 0) is 13.0 Å². The predicted molar refractivity (Wildman–Crippen MR) is 130 cm³/mol. The number of piperidine rings is 1. The van der Waals surface area contributed by atoms with E-state index in [1.165, 1.54) is 35.9 Å². The first kappa shape index (κ1) is 23.6. The van der Waals surface area contributed by atoms with E-state index in [2.05, 4.69) is 11.8 Å². The van der Waals surface area contributed by atoms with Crippen LogP contribution in [0.25, 0.3) is 0 Å². The molecule has 4 rings (SSSR count). The van der Waals surface area contributed by atoms with Crippen molar-refractivity contribution in [3.05, 3.63) is 105 Å². The monoisotopic (exact) mass is 461 g/mol. The number of hydrogen-bond donors (Lipinski definition) is 0. The van der Waals surface area contributed by atoms with Gasteiger partial charge in [-0.15, -0.1) is 0 Å². The number of likely N-dealkylation sites (tertiary alicyclic amines) is 1. The maximum atomic E-state index is 13.5. The number of carbonyl (C=O) groups is 1. The van der Waals surface area contributed by atoms with E-state index in [9.17, 15) is 19.3 Å². The minimum atomic E-state index is -0.377. The van der Waals surface area contributed by atoms with Crippen molar-refractivity contribution in [2.75, 3.05) is 18.0 Å². The lowest BCUT2D eigenvalue weighted by Gasteiger charge is -2.38. The minimum absolute atomic E-state index is 0.00592. The summed E-state index contributed by atoms with van der Waals surface area (Å²) in [4.78, 5) is 28.3. The highest BCUT2D eigenvalue weighted by molar-refractivity contribution is 6.06. The third kappa shape index (κ3) is 5.48. The summed E-state index contributed by atoms with van der Waals surface area (Å²) in [7, 11) is 0. The van der Waals surface area contributed by atoms with E-state index in [1.54, 1.807) is 12.1 Å². The van der Waals surface area contributed by atoms with Crippen molar-refractivity contribution < 1.29 is 14.1 Å². The van der Waals surface area contributed by atoms with Gasteiger partial charge in [0.15, 0.2) is 0 Å². The van der Waals surface area contributed by atoms with Gasteiger partial charge in [0.25, 0.3) is 11.6 Å². The third-order valence-electron chi connectivity index (χ3n) is 6.38. The summed E-state index contributed by atoms with van der Waals surface area (Å²) in [5.41, 5.74) is 3.49. The maximum Gasteiger partial charge on any atom is 0.269 e. The molecule has 6 nitrogen and oxygen atoms in total. The molecule has 0 N–H and O–H groups in total. The van der Waals surface area contributed by atoms with Crippen LogP contribution in [0.1, 0.15) is 41.3 Å². The smallest absolute Gasteiger partial charge is 0.269 e. The summed E-state index contributed by atoms with van der Waals surface area (Å²) < 4.78 is 13.4. The number of hydrogen-bond acceptors (Lipinski definition) is 4. The van der Waals surface area contributed by atoms with E-state index in [0.717, 1.165) is 43.6 Å². The van der Waals surface area contributed by atoms with E-state index in [1.807, 2.05) is 35.2 Å². The fraction of sp³-hybridized carbons (Fsp3) is 0.296. The first-order valence-electron chi connectivity index (χ1n) is 11.6. The van der Waals surface area contributed by atoms with E-state index in [4.69, 9.17) is 0 Å². The lowest BCUT2D eigenvalue weighted by molar-refractivity contribution is -0.384. The molecule has 1 aliphatic rings. The van der Waals surface area contributed by atoms with E-state index in [0.29, 0.717) is 12.1 Å². The van der Waals surface area contributed by atoms with Crippen LogP contribution in [0.4, 0.5) is 15.8 Å². The normalized spacial score (nSPS) is 14.6. The van der Waals surface area contributed by atoms with Crippen LogP contribution in [0.5, 0.6) is 0 Å². The molecular formula is C27H28FN3O3. The van der Waals surface area contributed by atoms with Gasteiger partial charge in [0.2, 0.25) is 0 Å². The van der Waals surface area contributed by atoms with Gasteiger partial charge in [-0.3, -0.25) is 19.8 Å². The van der Waals surface area contributed by atoms with Crippen molar-refractivity contribution in [1.82, 2.24) is 4.90 Å². The van der Waals surface area contributed by atoms with Gasteiger partial charge in [-0.05, 0) is 66.8 Å². The van der Waals surface area contributed by atoms with Gasteiger partial charge >= 0.3 is 0 Å². The molecule has 3 aromatic rings. The molecule has 1 amide bonds. The predicted octanol–water partition coefficient (Wildman–Crippen LogP) is 5.61. The first-order chi connectivity index (χ1) is 16.4. The highest BCUT2D eigenvalue weighted by Crippen LogP contribution is 2.27. The molecule has 0 unspecified atom stereocenters. The third-order valence-corrected chi connectivity index (χ3v) is 6.38. The summed E-state index contributed by atoms with van der Waals surface area (Å²) >= 11 is 0. The van der Waals surface area contributed by atoms with Gasteiger partial charge < -0.3 is 4.90 Å². The van der Waals surface area contributed by atoms with Crippen LogP contribution in [0.2, 0.25) is 0 Å². The van der Waals surface area contributed by atoms with Crippen LogP contribution in [0.15, 0.2) is 72.8 Å². The molecule has 7 heteroatoms.